The lowest BCUT2D eigenvalue weighted by Gasteiger charge is -2.08. The van der Waals surface area contributed by atoms with Crippen LogP contribution in [0.1, 0.15) is 32.4 Å². The second-order valence-corrected chi connectivity index (χ2v) is 4.13. The van der Waals surface area contributed by atoms with Crippen molar-refractivity contribution in [2.24, 2.45) is 5.73 Å². The van der Waals surface area contributed by atoms with Crippen molar-refractivity contribution >= 4 is 5.91 Å². The van der Waals surface area contributed by atoms with Gasteiger partial charge in [0.15, 0.2) is 0 Å². The fraction of sp³-hybridized carbons (Fsp3) is 0.545. The molecular formula is C11H19N3O. The number of carbonyl (C=O) groups excluding carboxylic acids is 1. The van der Waals surface area contributed by atoms with Crippen LogP contribution in [0.5, 0.6) is 0 Å². The van der Waals surface area contributed by atoms with E-state index in [9.17, 15) is 4.79 Å². The minimum absolute atomic E-state index is 0.0133. The second kappa shape index (κ2) is 4.98. The van der Waals surface area contributed by atoms with Crippen molar-refractivity contribution in [2.75, 3.05) is 0 Å². The Bertz CT molecular complexity index is 328. The van der Waals surface area contributed by atoms with Crippen LogP contribution in [0, 0.1) is 0 Å². The summed E-state index contributed by atoms with van der Waals surface area (Å²) in [5.41, 5.74) is 6.77. The number of aromatic nitrogens is 1. The second-order valence-electron chi connectivity index (χ2n) is 4.13. The Morgan fingerprint density at radius 2 is 2.20 bits per heavy atom. The van der Waals surface area contributed by atoms with Crippen LogP contribution in [0.25, 0.3) is 0 Å². The molecule has 0 aliphatic rings. The lowest BCUT2D eigenvalue weighted by Crippen LogP contribution is -2.32. The van der Waals surface area contributed by atoms with Gasteiger partial charge >= 0.3 is 0 Å². The summed E-state index contributed by atoms with van der Waals surface area (Å²) in [7, 11) is 0. The van der Waals surface area contributed by atoms with Gasteiger partial charge in [-0.3, -0.25) is 4.79 Å². The number of nitrogens with one attached hydrogen (secondary N) is 1. The third-order valence-corrected chi connectivity index (χ3v) is 2.07. The molecule has 84 valence electrons. The molecule has 0 aliphatic heterocycles. The molecule has 3 N–H and O–H groups in total. The summed E-state index contributed by atoms with van der Waals surface area (Å²) in [6, 6.07) is 2.13. The van der Waals surface area contributed by atoms with E-state index in [0.717, 1.165) is 5.56 Å². The van der Waals surface area contributed by atoms with Crippen molar-refractivity contribution in [1.29, 1.82) is 0 Å². The summed E-state index contributed by atoms with van der Waals surface area (Å²) >= 11 is 0. The molecule has 15 heavy (non-hydrogen) atoms. The Kier molecular flexibility index (Phi) is 3.91. The number of carbonyl (C=O) groups is 1. The fourth-order valence-electron chi connectivity index (χ4n) is 1.36. The van der Waals surface area contributed by atoms with Gasteiger partial charge in [0, 0.05) is 24.5 Å². The van der Waals surface area contributed by atoms with Crippen molar-refractivity contribution in [3.05, 3.63) is 24.0 Å². The molecule has 0 fully saturated rings. The maximum absolute atomic E-state index is 11.4. The highest BCUT2D eigenvalue weighted by Gasteiger charge is 2.06. The zero-order valence-corrected chi connectivity index (χ0v) is 9.53. The number of amides is 1. The first-order valence-corrected chi connectivity index (χ1v) is 5.19. The SMILES string of the molecule is CC(C)NC(=O)Cn1ccc(C(C)N)c1. The van der Waals surface area contributed by atoms with Crippen molar-refractivity contribution < 1.29 is 4.79 Å². The minimum Gasteiger partial charge on any atom is -0.352 e. The monoisotopic (exact) mass is 209 g/mol. The van der Waals surface area contributed by atoms with E-state index in [-0.39, 0.29) is 18.0 Å². The van der Waals surface area contributed by atoms with Crippen LogP contribution in [0.4, 0.5) is 0 Å². The third kappa shape index (κ3) is 3.75. The topological polar surface area (TPSA) is 60.0 Å². The summed E-state index contributed by atoms with van der Waals surface area (Å²) in [6.07, 6.45) is 3.78. The van der Waals surface area contributed by atoms with Gasteiger partial charge in [-0.25, -0.2) is 0 Å². The average molecular weight is 209 g/mol. The normalized spacial score (nSPS) is 12.9. The molecule has 1 rings (SSSR count). The number of rotatable bonds is 4. The molecule has 1 aromatic rings. The van der Waals surface area contributed by atoms with E-state index in [1.54, 1.807) is 0 Å². The van der Waals surface area contributed by atoms with Gasteiger partial charge in [-0.2, -0.15) is 0 Å². The maximum atomic E-state index is 11.4. The Hall–Kier alpha value is -1.29. The Labute approximate surface area is 90.5 Å². The van der Waals surface area contributed by atoms with Crippen LogP contribution >= 0.6 is 0 Å². The van der Waals surface area contributed by atoms with Crippen molar-refractivity contribution in [3.8, 4) is 0 Å². The molecule has 1 heterocycles. The van der Waals surface area contributed by atoms with Crippen LogP contribution in [-0.2, 0) is 11.3 Å². The Balaban J connectivity index is 2.53. The van der Waals surface area contributed by atoms with E-state index in [2.05, 4.69) is 5.32 Å². The molecule has 0 bridgehead atoms. The molecule has 0 saturated carbocycles. The molecule has 4 nitrogen and oxygen atoms in total. The highest BCUT2D eigenvalue weighted by atomic mass is 16.2. The molecule has 1 aromatic heterocycles. The highest BCUT2D eigenvalue weighted by Crippen LogP contribution is 2.09. The van der Waals surface area contributed by atoms with E-state index in [4.69, 9.17) is 5.73 Å². The van der Waals surface area contributed by atoms with E-state index in [1.165, 1.54) is 0 Å². The van der Waals surface area contributed by atoms with E-state index in [0.29, 0.717) is 6.54 Å². The van der Waals surface area contributed by atoms with E-state index >= 15 is 0 Å². The number of nitrogens with two attached hydrogens (primary N) is 1. The molecule has 1 unspecified atom stereocenters. The van der Waals surface area contributed by atoms with Crippen molar-refractivity contribution in [1.82, 2.24) is 9.88 Å². The van der Waals surface area contributed by atoms with E-state index in [1.807, 2.05) is 43.8 Å². The quantitative estimate of drug-likeness (QED) is 0.778. The molecule has 1 amide bonds. The summed E-state index contributed by atoms with van der Waals surface area (Å²) < 4.78 is 1.84. The van der Waals surface area contributed by atoms with Crippen molar-refractivity contribution in [2.45, 2.75) is 39.4 Å². The molecule has 1 atom stereocenters. The van der Waals surface area contributed by atoms with Crippen LogP contribution in [0.2, 0.25) is 0 Å². The van der Waals surface area contributed by atoms with Gasteiger partial charge in [0.2, 0.25) is 5.91 Å². The predicted octanol–water partition coefficient (Wildman–Crippen LogP) is 1.03. The molecular weight excluding hydrogens is 190 g/mol. The molecule has 0 radical (unpaired) electrons. The minimum atomic E-state index is 0.0133. The first-order valence-electron chi connectivity index (χ1n) is 5.19. The number of hydrogen-bond donors (Lipinski definition) is 2. The summed E-state index contributed by atoms with van der Waals surface area (Å²) in [5, 5.41) is 2.84. The van der Waals surface area contributed by atoms with Crippen LogP contribution in [-0.4, -0.2) is 16.5 Å². The largest absolute Gasteiger partial charge is 0.352 e. The zero-order valence-electron chi connectivity index (χ0n) is 9.53. The molecule has 0 aromatic carbocycles. The first-order chi connectivity index (χ1) is 6.99. The van der Waals surface area contributed by atoms with Gasteiger partial charge in [-0.15, -0.1) is 0 Å². The standard InChI is InChI=1S/C11H19N3O/c1-8(2)13-11(15)7-14-5-4-10(6-14)9(3)12/h4-6,8-9H,7,12H2,1-3H3,(H,13,15). The third-order valence-electron chi connectivity index (χ3n) is 2.07. The first kappa shape index (κ1) is 11.8. The molecule has 4 heteroatoms. The van der Waals surface area contributed by atoms with Gasteiger partial charge in [0.05, 0.1) is 0 Å². The lowest BCUT2D eigenvalue weighted by atomic mass is 10.2. The van der Waals surface area contributed by atoms with E-state index < -0.39 is 0 Å². The number of nitrogens with zero attached hydrogens (tertiary/aromatic N) is 1. The van der Waals surface area contributed by atoms with Gasteiger partial charge in [0.1, 0.15) is 6.54 Å². The van der Waals surface area contributed by atoms with Gasteiger partial charge < -0.3 is 15.6 Å². The molecule has 0 spiro atoms. The smallest absolute Gasteiger partial charge is 0.240 e. The summed E-state index contributed by atoms with van der Waals surface area (Å²) in [4.78, 5) is 11.4. The maximum Gasteiger partial charge on any atom is 0.240 e. The van der Waals surface area contributed by atoms with Crippen LogP contribution < -0.4 is 11.1 Å². The highest BCUT2D eigenvalue weighted by molar-refractivity contribution is 5.75. The lowest BCUT2D eigenvalue weighted by molar-refractivity contribution is -0.122. The Morgan fingerprint density at radius 3 is 2.67 bits per heavy atom. The van der Waals surface area contributed by atoms with Crippen LogP contribution in [0.15, 0.2) is 18.5 Å². The van der Waals surface area contributed by atoms with Crippen molar-refractivity contribution in [3.63, 3.8) is 0 Å². The average Bonchev–Trinajstić information content (AvgIpc) is 2.50. The predicted molar refractivity (Wildman–Crippen MR) is 60.3 cm³/mol. The zero-order chi connectivity index (χ0) is 11.4. The number of hydrogen-bond acceptors (Lipinski definition) is 2. The van der Waals surface area contributed by atoms with Crippen LogP contribution in [0.3, 0.4) is 0 Å². The molecule has 0 aliphatic carbocycles. The van der Waals surface area contributed by atoms with Gasteiger partial charge in [0.25, 0.3) is 0 Å². The molecule has 0 saturated heterocycles. The summed E-state index contributed by atoms with van der Waals surface area (Å²) in [5.74, 6) is 0.0248. The fourth-order valence-corrected chi connectivity index (χ4v) is 1.36. The van der Waals surface area contributed by atoms with Gasteiger partial charge in [-0.1, -0.05) is 0 Å². The summed E-state index contributed by atoms with van der Waals surface area (Å²) in [6.45, 7) is 6.17. The Morgan fingerprint density at radius 1 is 1.53 bits per heavy atom. The van der Waals surface area contributed by atoms with Gasteiger partial charge in [-0.05, 0) is 32.4 Å².